The van der Waals surface area contributed by atoms with E-state index in [-0.39, 0.29) is 12.1 Å². The molecular formula is C20H20N2O6S. The zero-order valence-electron chi connectivity index (χ0n) is 16.4. The molecule has 0 unspecified atom stereocenters. The number of aromatic nitrogens is 1. The molecule has 0 saturated carbocycles. The van der Waals surface area contributed by atoms with Crippen LogP contribution in [0.1, 0.15) is 10.4 Å². The summed E-state index contributed by atoms with van der Waals surface area (Å²) in [5.74, 6) is 0.224. The predicted octanol–water partition coefficient (Wildman–Crippen LogP) is 2.64. The monoisotopic (exact) mass is 416 g/mol. The van der Waals surface area contributed by atoms with Crippen molar-refractivity contribution in [2.75, 3.05) is 28.4 Å². The second kappa shape index (κ2) is 8.78. The van der Waals surface area contributed by atoms with Gasteiger partial charge in [-0.2, -0.15) is 4.99 Å². The molecule has 0 aliphatic rings. The number of rotatable bonds is 6. The van der Waals surface area contributed by atoms with Gasteiger partial charge in [-0.3, -0.25) is 9.59 Å². The summed E-state index contributed by atoms with van der Waals surface area (Å²) in [4.78, 5) is 29.6. The van der Waals surface area contributed by atoms with Crippen LogP contribution < -0.4 is 19.0 Å². The van der Waals surface area contributed by atoms with Crippen LogP contribution >= 0.6 is 11.3 Å². The Bertz CT molecular complexity index is 1110. The van der Waals surface area contributed by atoms with Crippen LogP contribution in [0.5, 0.6) is 17.2 Å². The maximum atomic E-state index is 13.0. The quantitative estimate of drug-likeness (QED) is 0.574. The van der Waals surface area contributed by atoms with Gasteiger partial charge in [0.25, 0.3) is 5.91 Å². The molecule has 0 aliphatic heterocycles. The summed E-state index contributed by atoms with van der Waals surface area (Å²) in [6.45, 7) is -0.119. The lowest BCUT2D eigenvalue weighted by Crippen LogP contribution is -2.22. The van der Waals surface area contributed by atoms with Crippen molar-refractivity contribution in [1.82, 2.24) is 4.57 Å². The summed E-state index contributed by atoms with van der Waals surface area (Å²) in [6.07, 6.45) is 0. The second-order valence-corrected chi connectivity index (χ2v) is 6.82. The molecule has 0 radical (unpaired) electrons. The highest BCUT2D eigenvalue weighted by molar-refractivity contribution is 7.16. The van der Waals surface area contributed by atoms with E-state index < -0.39 is 11.9 Å². The van der Waals surface area contributed by atoms with Crippen LogP contribution in [0.25, 0.3) is 10.2 Å². The van der Waals surface area contributed by atoms with Crippen molar-refractivity contribution in [3.05, 3.63) is 46.8 Å². The molecule has 3 aromatic rings. The van der Waals surface area contributed by atoms with Crippen molar-refractivity contribution in [1.29, 1.82) is 0 Å². The molecule has 1 heterocycles. The number of para-hydroxylation sites is 1. The Balaban J connectivity index is 2.24. The SMILES string of the molecule is COC(=O)Cn1c(=NC(=O)c2c(OC)cccc2OC)sc2cccc(OC)c21. The minimum absolute atomic E-state index is 0.119. The number of hydrogen-bond donors (Lipinski definition) is 0. The van der Waals surface area contributed by atoms with Crippen LogP contribution in [0.3, 0.4) is 0 Å². The van der Waals surface area contributed by atoms with Crippen molar-refractivity contribution in [2.24, 2.45) is 4.99 Å². The number of thiazole rings is 1. The standard InChI is InChI=1S/C20H20N2O6S/c1-25-12-7-5-8-13(26-2)17(12)19(24)21-20-22(11-16(23)28-4)18-14(27-3)9-6-10-15(18)29-20/h5-10H,11H2,1-4H3. The fourth-order valence-electron chi connectivity index (χ4n) is 2.89. The highest BCUT2D eigenvalue weighted by Gasteiger charge is 2.20. The van der Waals surface area contributed by atoms with Gasteiger partial charge in [-0.25, -0.2) is 0 Å². The van der Waals surface area contributed by atoms with Gasteiger partial charge in [0.05, 0.1) is 33.1 Å². The Morgan fingerprint density at radius 1 is 0.931 bits per heavy atom. The molecule has 1 aromatic heterocycles. The molecule has 0 N–H and O–H groups in total. The first-order chi connectivity index (χ1) is 14.0. The van der Waals surface area contributed by atoms with Crippen LogP contribution in [0.2, 0.25) is 0 Å². The number of hydrogen-bond acceptors (Lipinski definition) is 7. The van der Waals surface area contributed by atoms with Crippen LogP contribution in [0, 0.1) is 0 Å². The first-order valence-electron chi connectivity index (χ1n) is 8.57. The average Bonchev–Trinajstić information content (AvgIpc) is 3.09. The summed E-state index contributed by atoms with van der Waals surface area (Å²) in [7, 11) is 5.77. The van der Waals surface area contributed by atoms with E-state index in [1.165, 1.54) is 39.8 Å². The molecule has 3 rings (SSSR count). The lowest BCUT2D eigenvalue weighted by molar-refractivity contribution is -0.141. The van der Waals surface area contributed by atoms with Crippen molar-refractivity contribution in [2.45, 2.75) is 6.54 Å². The molecule has 152 valence electrons. The van der Waals surface area contributed by atoms with Gasteiger partial charge < -0.3 is 23.5 Å². The lowest BCUT2D eigenvalue weighted by atomic mass is 10.1. The van der Waals surface area contributed by atoms with E-state index in [1.54, 1.807) is 28.8 Å². The molecule has 0 fully saturated rings. The van der Waals surface area contributed by atoms with E-state index in [9.17, 15) is 9.59 Å². The third-order valence-electron chi connectivity index (χ3n) is 4.24. The number of benzene rings is 2. The number of amides is 1. The third-order valence-corrected chi connectivity index (χ3v) is 5.28. The fourth-order valence-corrected chi connectivity index (χ4v) is 3.94. The fraction of sp³-hybridized carbons (Fsp3) is 0.250. The summed E-state index contributed by atoms with van der Waals surface area (Å²) >= 11 is 1.26. The largest absolute Gasteiger partial charge is 0.496 e. The van der Waals surface area contributed by atoms with Crippen LogP contribution in [-0.2, 0) is 16.1 Å². The van der Waals surface area contributed by atoms with Gasteiger partial charge in [-0.1, -0.05) is 23.5 Å². The summed E-state index contributed by atoms with van der Waals surface area (Å²) < 4.78 is 23.2. The van der Waals surface area contributed by atoms with E-state index in [1.807, 2.05) is 12.1 Å². The minimum Gasteiger partial charge on any atom is -0.496 e. The normalized spacial score (nSPS) is 11.4. The molecule has 0 spiro atoms. The number of carbonyl (C=O) groups excluding carboxylic acids is 2. The second-order valence-electron chi connectivity index (χ2n) is 5.81. The Kier molecular flexibility index (Phi) is 6.18. The zero-order chi connectivity index (χ0) is 21.0. The maximum absolute atomic E-state index is 13.0. The van der Waals surface area contributed by atoms with E-state index in [2.05, 4.69) is 4.99 Å². The highest BCUT2D eigenvalue weighted by Crippen LogP contribution is 2.30. The van der Waals surface area contributed by atoms with E-state index in [0.29, 0.717) is 27.6 Å². The van der Waals surface area contributed by atoms with Crippen molar-refractivity contribution >= 4 is 33.4 Å². The third kappa shape index (κ3) is 3.95. The van der Waals surface area contributed by atoms with Crippen molar-refractivity contribution < 1.29 is 28.5 Å². The Hall–Kier alpha value is -3.33. The molecule has 2 aromatic carbocycles. The number of carbonyl (C=O) groups is 2. The Morgan fingerprint density at radius 2 is 1.52 bits per heavy atom. The van der Waals surface area contributed by atoms with Gasteiger partial charge in [0, 0.05) is 0 Å². The van der Waals surface area contributed by atoms with Gasteiger partial charge >= 0.3 is 5.97 Å². The molecule has 8 nitrogen and oxygen atoms in total. The first-order valence-corrected chi connectivity index (χ1v) is 9.38. The van der Waals surface area contributed by atoms with Crippen LogP contribution in [0.15, 0.2) is 41.4 Å². The maximum Gasteiger partial charge on any atom is 0.325 e. The lowest BCUT2D eigenvalue weighted by Gasteiger charge is -2.10. The summed E-state index contributed by atoms with van der Waals surface area (Å²) in [5.41, 5.74) is 0.857. The van der Waals surface area contributed by atoms with E-state index in [4.69, 9.17) is 18.9 Å². The van der Waals surface area contributed by atoms with Crippen molar-refractivity contribution in [3.8, 4) is 17.2 Å². The van der Waals surface area contributed by atoms with Gasteiger partial charge in [-0.15, -0.1) is 0 Å². The van der Waals surface area contributed by atoms with Crippen LogP contribution in [-0.4, -0.2) is 44.9 Å². The summed E-state index contributed by atoms with van der Waals surface area (Å²) in [5, 5.41) is 0. The van der Waals surface area contributed by atoms with Gasteiger partial charge in [-0.05, 0) is 24.3 Å². The molecule has 9 heteroatoms. The van der Waals surface area contributed by atoms with Crippen molar-refractivity contribution in [3.63, 3.8) is 0 Å². The molecular weight excluding hydrogens is 396 g/mol. The molecule has 0 saturated heterocycles. The van der Waals surface area contributed by atoms with Gasteiger partial charge in [0.2, 0.25) is 0 Å². The molecule has 0 aliphatic carbocycles. The molecule has 1 amide bonds. The highest BCUT2D eigenvalue weighted by atomic mass is 32.1. The molecule has 0 atom stereocenters. The number of nitrogens with zero attached hydrogens (tertiary/aromatic N) is 2. The topological polar surface area (TPSA) is 88.4 Å². The smallest absolute Gasteiger partial charge is 0.325 e. The number of methoxy groups -OCH3 is 4. The molecule has 0 bridgehead atoms. The van der Waals surface area contributed by atoms with Gasteiger partial charge in [0.15, 0.2) is 4.80 Å². The number of fused-ring (bicyclic) bond motifs is 1. The first kappa shape index (κ1) is 20.4. The Morgan fingerprint density at radius 3 is 2.10 bits per heavy atom. The van der Waals surface area contributed by atoms with E-state index >= 15 is 0 Å². The minimum atomic E-state index is -0.552. The van der Waals surface area contributed by atoms with Crippen LogP contribution in [0.4, 0.5) is 0 Å². The number of ether oxygens (including phenoxy) is 4. The summed E-state index contributed by atoms with van der Waals surface area (Å²) in [6, 6.07) is 10.5. The zero-order valence-corrected chi connectivity index (χ0v) is 17.2. The van der Waals surface area contributed by atoms with Gasteiger partial charge in [0.1, 0.15) is 34.9 Å². The number of esters is 1. The van der Waals surface area contributed by atoms with E-state index in [0.717, 1.165) is 4.70 Å². The Labute approximate surface area is 170 Å². The average molecular weight is 416 g/mol. The molecule has 29 heavy (non-hydrogen) atoms. The predicted molar refractivity (Wildman–Crippen MR) is 108 cm³/mol.